The third-order valence-corrected chi connectivity index (χ3v) is 10.3. The largest absolute Gasteiger partial charge is 0.488 e. The average Bonchev–Trinajstić information content (AvgIpc) is 3.32. The molecule has 42 heavy (non-hydrogen) atoms. The third-order valence-electron chi connectivity index (χ3n) is 7.85. The second kappa shape index (κ2) is 12.1. The van der Waals surface area contributed by atoms with Crippen LogP contribution in [0.2, 0.25) is 5.02 Å². The van der Waals surface area contributed by atoms with Gasteiger partial charge in [-0.25, -0.2) is 13.4 Å². The first-order valence-corrected chi connectivity index (χ1v) is 16.0. The maximum Gasteiger partial charge on any atom is 0.317 e. The number of para-hydroxylation sites is 1. The number of hydrogen-bond acceptors (Lipinski definition) is 9. The quantitative estimate of drug-likeness (QED) is 0.276. The summed E-state index contributed by atoms with van der Waals surface area (Å²) in [6, 6.07) is 8.72. The molecule has 10 nitrogen and oxygen atoms in total. The number of anilines is 4. The predicted octanol–water partition coefficient (Wildman–Crippen LogP) is 5.70. The topological polar surface area (TPSA) is 134 Å². The Bertz CT molecular complexity index is 1610. The van der Waals surface area contributed by atoms with Crippen LogP contribution in [0, 0.1) is 6.92 Å². The molecule has 1 fully saturated rings. The van der Waals surface area contributed by atoms with Crippen molar-refractivity contribution in [3.05, 3.63) is 58.2 Å². The number of halogens is 1. The molecule has 224 valence electrons. The number of aryl methyl sites for hydroxylation is 1. The summed E-state index contributed by atoms with van der Waals surface area (Å²) < 4.78 is 32.2. The van der Waals surface area contributed by atoms with Gasteiger partial charge < -0.3 is 20.5 Å². The summed E-state index contributed by atoms with van der Waals surface area (Å²) in [7, 11) is -3.55. The molecular formula is C30H36ClN5O5S. The van der Waals surface area contributed by atoms with Gasteiger partial charge in [-0.3, -0.25) is 9.69 Å². The molecule has 2 aromatic carbocycles. The fourth-order valence-electron chi connectivity index (χ4n) is 5.82. The van der Waals surface area contributed by atoms with E-state index in [0.29, 0.717) is 11.6 Å². The van der Waals surface area contributed by atoms with Crippen LogP contribution in [0.3, 0.4) is 0 Å². The molecule has 1 unspecified atom stereocenters. The van der Waals surface area contributed by atoms with Crippen LogP contribution in [0.25, 0.3) is 0 Å². The Morgan fingerprint density at radius 1 is 1.19 bits per heavy atom. The van der Waals surface area contributed by atoms with Crippen LogP contribution in [0.15, 0.2) is 41.4 Å². The fourth-order valence-corrected chi connectivity index (χ4v) is 7.16. The molecule has 2 aliphatic rings. The first kappa shape index (κ1) is 30.1. The van der Waals surface area contributed by atoms with Crippen molar-refractivity contribution >= 4 is 50.5 Å². The molecule has 0 saturated carbocycles. The van der Waals surface area contributed by atoms with E-state index >= 15 is 0 Å². The minimum atomic E-state index is -3.55. The van der Waals surface area contributed by atoms with Gasteiger partial charge in [0.05, 0.1) is 34.3 Å². The van der Waals surface area contributed by atoms with Gasteiger partial charge in [0.2, 0.25) is 5.95 Å². The number of ether oxygens (including phenoxy) is 1. The molecule has 0 amide bonds. The van der Waals surface area contributed by atoms with Crippen LogP contribution < -0.4 is 15.4 Å². The predicted molar refractivity (Wildman–Crippen MR) is 163 cm³/mol. The van der Waals surface area contributed by atoms with Gasteiger partial charge in [-0.1, -0.05) is 23.7 Å². The van der Waals surface area contributed by atoms with E-state index in [1.165, 1.54) is 17.3 Å². The number of benzene rings is 2. The number of carboxylic acids is 1. The van der Waals surface area contributed by atoms with Crippen LogP contribution in [0.1, 0.15) is 56.2 Å². The monoisotopic (exact) mass is 613 g/mol. The second-order valence-electron chi connectivity index (χ2n) is 11.3. The van der Waals surface area contributed by atoms with E-state index in [9.17, 15) is 13.2 Å². The van der Waals surface area contributed by atoms with Crippen LogP contribution in [0.4, 0.5) is 23.1 Å². The zero-order valence-corrected chi connectivity index (χ0v) is 25.7. The lowest BCUT2D eigenvalue weighted by Crippen LogP contribution is -2.37. The van der Waals surface area contributed by atoms with Gasteiger partial charge >= 0.3 is 5.97 Å². The minimum absolute atomic E-state index is 0.0102. The van der Waals surface area contributed by atoms with E-state index in [1.54, 1.807) is 38.1 Å². The van der Waals surface area contributed by atoms with Gasteiger partial charge in [0.15, 0.2) is 15.7 Å². The van der Waals surface area contributed by atoms with Crippen LogP contribution in [-0.4, -0.2) is 65.3 Å². The van der Waals surface area contributed by atoms with Crippen molar-refractivity contribution in [2.75, 3.05) is 30.3 Å². The highest BCUT2D eigenvalue weighted by atomic mass is 35.5. The van der Waals surface area contributed by atoms with Crippen molar-refractivity contribution in [2.45, 2.75) is 69.1 Å². The Labute approximate surface area is 251 Å². The number of sulfone groups is 1. The lowest BCUT2D eigenvalue weighted by Gasteiger charge is -2.33. The summed E-state index contributed by atoms with van der Waals surface area (Å²) in [5.41, 5.74) is 4.71. The van der Waals surface area contributed by atoms with Crippen LogP contribution in [0.5, 0.6) is 5.75 Å². The molecule has 0 spiro atoms. The number of rotatable bonds is 9. The van der Waals surface area contributed by atoms with Crippen molar-refractivity contribution in [1.82, 2.24) is 14.9 Å². The summed E-state index contributed by atoms with van der Waals surface area (Å²) in [6.07, 6.45) is 4.05. The fraction of sp³-hybridized carbons (Fsp3) is 0.433. The molecule has 0 bridgehead atoms. The average molecular weight is 614 g/mol. The van der Waals surface area contributed by atoms with Crippen molar-refractivity contribution < 1.29 is 23.1 Å². The highest BCUT2D eigenvalue weighted by molar-refractivity contribution is 7.92. The number of hydrogen-bond donors (Lipinski definition) is 3. The summed E-state index contributed by atoms with van der Waals surface area (Å²) in [5.74, 6) is 0.864. The highest BCUT2D eigenvalue weighted by Crippen LogP contribution is 2.46. The molecule has 5 rings (SSSR count). The molecular weight excluding hydrogens is 578 g/mol. The zero-order valence-electron chi connectivity index (χ0n) is 24.1. The van der Waals surface area contributed by atoms with Crippen LogP contribution >= 0.6 is 11.6 Å². The number of aliphatic carboxylic acids is 1. The first-order chi connectivity index (χ1) is 19.9. The van der Waals surface area contributed by atoms with Gasteiger partial charge in [-0.05, 0) is 88.9 Å². The zero-order chi connectivity index (χ0) is 30.2. The normalized spacial score (nSPS) is 17.6. The molecule has 3 aromatic rings. The number of carboxylic acid groups (broad SMARTS) is 1. The molecule has 1 aromatic heterocycles. The van der Waals surface area contributed by atoms with Crippen molar-refractivity contribution in [3.63, 3.8) is 0 Å². The summed E-state index contributed by atoms with van der Waals surface area (Å²) in [5, 5.41) is 15.2. The first-order valence-electron chi connectivity index (χ1n) is 14.1. The van der Waals surface area contributed by atoms with E-state index in [0.717, 1.165) is 49.4 Å². The van der Waals surface area contributed by atoms with Gasteiger partial charge in [0.1, 0.15) is 16.9 Å². The number of fused-ring (bicyclic) bond motifs is 1. The number of carbonyl (C=O) groups is 1. The second-order valence-corrected chi connectivity index (χ2v) is 14.1. The Morgan fingerprint density at radius 3 is 2.60 bits per heavy atom. The lowest BCUT2D eigenvalue weighted by molar-refractivity contribution is -0.138. The Hall–Kier alpha value is -3.41. The minimum Gasteiger partial charge on any atom is -0.488 e. The maximum atomic E-state index is 12.9. The maximum absolute atomic E-state index is 12.9. The molecule has 0 aliphatic carbocycles. The lowest BCUT2D eigenvalue weighted by atomic mass is 9.82. The summed E-state index contributed by atoms with van der Waals surface area (Å²) in [6.45, 7) is 8.99. The molecule has 2 aliphatic heterocycles. The van der Waals surface area contributed by atoms with Crippen molar-refractivity contribution in [2.24, 2.45) is 0 Å². The van der Waals surface area contributed by atoms with Crippen molar-refractivity contribution in [3.8, 4) is 5.75 Å². The summed E-state index contributed by atoms with van der Waals surface area (Å²) >= 11 is 6.44. The smallest absolute Gasteiger partial charge is 0.317 e. The Balaban J connectivity index is 1.42. The van der Waals surface area contributed by atoms with Crippen LogP contribution in [-0.2, 0) is 21.1 Å². The standard InChI is InChI=1S/C30H36ClN5O5S/c1-17(2)42(39,40)25-8-6-5-7-23(25)33-29-22(31)15-32-30(35-29)34-24-13-18(3)27(21-14-19(4)41-28(21)24)20-9-11-36(12-10-20)16-26(37)38/h5-8,13,15,17,19-20H,9-12,14,16H2,1-4H3,(H,37,38)(H2,32,33,34,35). The van der Waals surface area contributed by atoms with Gasteiger partial charge in [0, 0.05) is 12.0 Å². The highest BCUT2D eigenvalue weighted by Gasteiger charge is 2.32. The Morgan fingerprint density at radius 2 is 1.90 bits per heavy atom. The van der Waals surface area contributed by atoms with E-state index in [4.69, 9.17) is 21.4 Å². The molecule has 0 radical (unpaired) electrons. The number of nitrogens with zero attached hydrogens (tertiary/aromatic N) is 3. The third kappa shape index (κ3) is 6.18. The van der Waals surface area contributed by atoms with E-state index < -0.39 is 21.1 Å². The number of likely N-dealkylation sites (tertiary alicyclic amines) is 1. The van der Waals surface area contributed by atoms with E-state index in [-0.39, 0.29) is 34.3 Å². The van der Waals surface area contributed by atoms with E-state index in [1.807, 2.05) is 17.9 Å². The van der Waals surface area contributed by atoms with Gasteiger partial charge in [0.25, 0.3) is 0 Å². The Kier molecular flexibility index (Phi) is 8.63. The van der Waals surface area contributed by atoms with Gasteiger partial charge in [-0.15, -0.1) is 0 Å². The molecule has 1 saturated heterocycles. The number of piperidine rings is 1. The SMILES string of the molecule is Cc1cc(Nc2ncc(Cl)c(Nc3ccccc3S(=O)(=O)C(C)C)n2)c2c(c1C1CCN(CC(=O)O)CC1)CC(C)O2. The summed E-state index contributed by atoms with van der Waals surface area (Å²) in [4.78, 5) is 22.3. The van der Waals surface area contributed by atoms with Gasteiger partial charge in [-0.2, -0.15) is 4.98 Å². The van der Waals surface area contributed by atoms with E-state index in [2.05, 4.69) is 27.5 Å². The van der Waals surface area contributed by atoms with Crippen molar-refractivity contribution in [1.29, 1.82) is 0 Å². The molecule has 12 heteroatoms. The molecule has 3 N–H and O–H groups in total. The number of nitrogens with one attached hydrogen (secondary N) is 2. The molecule has 3 heterocycles. The molecule has 1 atom stereocenters. The number of aromatic nitrogens is 2.